The standard InChI is InChI=1S/C32H46O4/c1-23(13-10-9-11-16-27(35)31(7)20-19-26(34)30(31,5)6)14-12-15-24(2)17-18-28(36)32(8)22-25(33)21-29(32,3)4/h9-18,25-26,33-34H,19-22H2,1-8H3/b10-9+,14-12+,16-11+,18-17+,23-13+,24-15+/t25-,26-,31-,32-/m0/s1. The molecule has 0 aromatic rings. The highest BCUT2D eigenvalue weighted by Gasteiger charge is 2.54. The first-order chi connectivity index (χ1) is 16.6. The Morgan fingerprint density at radius 3 is 1.83 bits per heavy atom. The molecule has 4 atom stereocenters. The second-order valence-electron chi connectivity index (χ2n) is 12.4. The molecule has 0 spiro atoms. The smallest absolute Gasteiger partial charge is 0.162 e. The van der Waals surface area contributed by atoms with E-state index in [1.165, 1.54) is 0 Å². The van der Waals surface area contributed by atoms with E-state index in [0.29, 0.717) is 25.7 Å². The van der Waals surface area contributed by atoms with E-state index in [-0.39, 0.29) is 17.0 Å². The van der Waals surface area contributed by atoms with Gasteiger partial charge in [-0.1, -0.05) is 101 Å². The van der Waals surface area contributed by atoms with Crippen LogP contribution in [0.4, 0.5) is 0 Å². The van der Waals surface area contributed by atoms with E-state index in [4.69, 9.17) is 0 Å². The molecule has 198 valence electrons. The highest BCUT2D eigenvalue weighted by atomic mass is 16.3. The van der Waals surface area contributed by atoms with Crippen LogP contribution in [0, 0.1) is 21.7 Å². The average Bonchev–Trinajstić information content (AvgIpc) is 3.13. The van der Waals surface area contributed by atoms with Crippen LogP contribution < -0.4 is 0 Å². The van der Waals surface area contributed by atoms with Gasteiger partial charge in [-0.15, -0.1) is 0 Å². The quantitative estimate of drug-likeness (QED) is 0.279. The number of hydrogen-bond donors (Lipinski definition) is 2. The lowest BCUT2D eigenvalue weighted by molar-refractivity contribution is -0.130. The lowest BCUT2D eigenvalue weighted by Crippen LogP contribution is -2.41. The molecule has 2 N–H and O–H groups in total. The molecule has 4 nitrogen and oxygen atoms in total. The summed E-state index contributed by atoms with van der Waals surface area (Å²) in [6.07, 6.45) is 20.1. The number of allylic oxidation sites excluding steroid dienone is 12. The van der Waals surface area contributed by atoms with E-state index in [9.17, 15) is 19.8 Å². The van der Waals surface area contributed by atoms with Crippen molar-refractivity contribution >= 4 is 11.6 Å². The molecule has 0 saturated heterocycles. The Balaban J connectivity index is 1.91. The zero-order valence-corrected chi connectivity index (χ0v) is 23.5. The highest BCUT2D eigenvalue weighted by molar-refractivity contribution is 5.96. The Bertz CT molecular complexity index is 1020. The Hall–Kier alpha value is -2.30. The molecule has 0 heterocycles. The molecular weight excluding hydrogens is 448 g/mol. The summed E-state index contributed by atoms with van der Waals surface area (Å²) in [6.45, 7) is 15.9. The normalized spacial score (nSPS) is 33.1. The van der Waals surface area contributed by atoms with E-state index in [1.807, 2.05) is 84.1 Å². The Kier molecular flexibility index (Phi) is 9.47. The van der Waals surface area contributed by atoms with Gasteiger partial charge in [-0.2, -0.15) is 0 Å². The number of aliphatic hydroxyl groups is 2. The lowest BCUT2D eigenvalue weighted by atomic mass is 9.66. The van der Waals surface area contributed by atoms with E-state index in [0.717, 1.165) is 11.1 Å². The van der Waals surface area contributed by atoms with Crippen LogP contribution in [0.5, 0.6) is 0 Å². The van der Waals surface area contributed by atoms with Crippen molar-refractivity contribution in [2.75, 3.05) is 0 Å². The second-order valence-corrected chi connectivity index (χ2v) is 12.4. The van der Waals surface area contributed by atoms with Gasteiger partial charge in [0.2, 0.25) is 0 Å². The third-order valence-corrected chi connectivity index (χ3v) is 9.19. The molecule has 0 unspecified atom stereocenters. The number of aliphatic hydroxyl groups excluding tert-OH is 2. The minimum atomic E-state index is -0.546. The van der Waals surface area contributed by atoms with Gasteiger partial charge in [0.25, 0.3) is 0 Å². The summed E-state index contributed by atoms with van der Waals surface area (Å²) < 4.78 is 0. The molecule has 2 rings (SSSR count). The van der Waals surface area contributed by atoms with Gasteiger partial charge in [-0.05, 0) is 57.1 Å². The molecule has 0 amide bonds. The molecule has 0 aromatic heterocycles. The topological polar surface area (TPSA) is 74.6 Å². The fraction of sp³-hybridized carbons (Fsp3) is 0.562. The average molecular weight is 495 g/mol. The minimum Gasteiger partial charge on any atom is -0.393 e. The molecule has 2 aliphatic rings. The highest BCUT2D eigenvalue weighted by Crippen LogP contribution is 2.54. The van der Waals surface area contributed by atoms with Crippen LogP contribution >= 0.6 is 0 Å². The van der Waals surface area contributed by atoms with Gasteiger partial charge in [-0.3, -0.25) is 9.59 Å². The van der Waals surface area contributed by atoms with Crippen LogP contribution in [0.25, 0.3) is 0 Å². The molecule has 2 saturated carbocycles. The van der Waals surface area contributed by atoms with Crippen LogP contribution in [0.1, 0.15) is 81.1 Å². The Morgan fingerprint density at radius 2 is 1.28 bits per heavy atom. The van der Waals surface area contributed by atoms with Gasteiger partial charge >= 0.3 is 0 Å². The molecule has 0 bridgehead atoms. The van der Waals surface area contributed by atoms with Crippen molar-refractivity contribution in [3.05, 3.63) is 71.9 Å². The van der Waals surface area contributed by atoms with Gasteiger partial charge in [0, 0.05) is 16.2 Å². The first-order valence-corrected chi connectivity index (χ1v) is 13.1. The number of ketones is 2. The molecule has 36 heavy (non-hydrogen) atoms. The summed E-state index contributed by atoms with van der Waals surface area (Å²) in [5, 5.41) is 20.3. The number of carbonyl (C=O) groups excluding carboxylic acids is 2. The first-order valence-electron chi connectivity index (χ1n) is 13.1. The van der Waals surface area contributed by atoms with Crippen molar-refractivity contribution in [1.82, 2.24) is 0 Å². The summed E-state index contributed by atoms with van der Waals surface area (Å²) in [6, 6.07) is 0. The maximum Gasteiger partial charge on any atom is 0.162 e. The predicted molar refractivity (Wildman–Crippen MR) is 148 cm³/mol. The zero-order chi connectivity index (χ0) is 27.4. The van der Waals surface area contributed by atoms with Gasteiger partial charge in [-0.25, -0.2) is 0 Å². The van der Waals surface area contributed by atoms with E-state index >= 15 is 0 Å². The van der Waals surface area contributed by atoms with E-state index < -0.39 is 28.5 Å². The van der Waals surface area contributed by atoms with Crippen molar-refractivity contribution < 1.29 is 19.8 Å². The third-order valence-electron chi connectivity index (χ3n) is 9.19. The fourth-order valence-corrected chi connectivity index (χ4v) is 5.44. The SMILES string of the molecule is CC(/C=C/C=C(C)/C=C/C(=O)[C@]1(C)C[C@@H](O)CC1(C)C)=C\C=C\C=C\C(=O)[C@]1(C)CC[C@H](O)C1(C)C. The summed E-state index contributed by atoms with van der Waals surface area (Å²) >= 11 is 0. The van der Waals surface area contributed by atoms with Gasteiger partial charge in [0.1, 0.15) is 0 Å². The Morgan fingerprint density at radius 1 is 0.694 bits per heavy atom. The lowest BCUT2D eigenvalue weighted by Gasteiger charge is -2.38. The Labute approximate surface area is 218 Å². The van der Waals surface area contributed by atoms with Crippen molar-refractivity contribution in [3.63, 3.8) is 0 Å². The molecule has 0 aliphatic heterocycles. The minimum absolute atomic E-state index is 0.0584. The van der Waals surface area contributed by atoms with Crippen molar-refractivity contribution in [1.29, 1.82) is 0 Å². The van der Waals surface area contributed by atoms with Crippen molar-refractivity contribution in [2.45, 2.75) is 93.3 Å². The molecule has 2 fully saturated rings. The fourth-order valence-electron chi connectivity index (χ4n) is 5.44. The van der Waals surface area contributed by atoms with Gasteiger partial charge < -0.3 is 10.2 Å². The molecular formula is C32H46O4. The van der Waals surface area contributed by atoms with Crippen LogP contribution in [0.3, 0.4) is 0 Å². The zero-order valence-electron chi connectivity index (χ0n) is 23.5. The first kappa shape index (κ1) is 29.9. The summed E-state index contributed by atoms with van der Waals surface area (Å²) in [5.74, 6) is 0.123. The van der Waals surface area contributed by atoms with E-state index in [2.05, 4.69) is 13.8 Å². The van der Waals surface area contributed by atoms with Gasteiger partial charge in [0.05, 0.1) is 12.2 Å². The van der Waals surface area contributed by atoms with Crippen molar-refractivity contribution in [3.8, 4) is 0 Å². The summed E-state index contributed by atoms with van der Waals surface area (Å²) in [5.41, 5.74) is 0.281. The van der Waals surface area contributed by atoms with Crippen LogP contribution in [-0.2, 0) is 9.59 Å². The largest absolute Gasteiger partial charge is 0.393 e. The molecule has 0 aromatic carbocycles. The number of rotatable bonds is 9. The number of carbonyl (C=O) groups is 2. The summed E-state index contributed by atoms with van der Waals surface area (Å²) in [4.78, 5) is 25.6. The maximum atomic E-state index is 12.9. The third kappa shape index (κ3) is 6.33. The predicted octanol–water partition coefficient (Wildman–Crippen LogP) is 6.62. The van der Waals surface area contributed by atoms with Crippen LogP contribution in [0.2, 0.25) is 0 Å². The summed E-state index contributed by atoms with van der Waals surface area (Å²) in [7, 11) is 0. The van der Waals surface area contributed by atoms with Crippen LogP contribution in [-0.4, -0.2) is 34.0 Å². The van der Waals surface area contributed by atoms with E-state index in [1.54, 1.807) is 18.2 Å². The monoisotopic (exact) mass is 494 g/mol. The molecule has 0 radical (unpaired) electrons. The molecule has 4 heteroatoms. The molecule has 2 aliphatic carbocycles. The van der Waals surface area contributed by atoms with Crippen LogP contribution in [0.15, 0.2) is 71.9 Å². The second kappa shape index (κ2) is 11.4. The maximum absolute atomic E-state index is 12.9. The van der Waals surface area contributed by atoms with Gasteiger partial charge in [0.15, 0.2) is 11.6 Å². The number of hydrogen-bond acceptors (Lipinski definition) is 4. The van der Waals surface area contributed by atoms with Crippen molar-refractivity contribution in [2.24, 2.45) is 21.7 Å².